The summed E-state index contributed by atoms with van der Waals surface area (Å²) < 4.78 is 10.2. The Labute approximate surface area is 130 Å². The van der Waals surface area contributed by atoms with E-state index in [1.807, 2.05) is 0 Å². The zero-order valence-corrected chi connectivity index (χ0v) is 14.0. The Morgan fingerprint density at radius 2 is 1.86 bits per heavy atom. The van der Waals surface area contributed by atoms with Gasteiger partial charge in [0.25, 0.3) is 0 Å². The quantitative estimate of drug-likeness (QED) is 0.286. The smallest absolute Gasteiger partial charge is 0.220 e. The Kier molecular flexibility index (Phi) is 8.12. The Bertz CT molecular complexity index is 421. The lowest BCUT2D eigenvalue weighted by Gasteiger charge is -2.17. The lowest BCUT2D eigenvalue weighted by molar-refractivity contribution is -0.108. The van der Waals surface area contributed by atoms with Crippen LogP contribution in [-0.2, 0) is 4.79 Å². The highest BCUT2D eigenvalue weighted by molar-refractivity contribution is 8.00. The lowest BCUT2D eigenvalue weighted by Crippen LogP contribution is -2.16. The predicted octanol–water partition coefficient (Wildman–Crippen LogP) is 3.37. The van der Waals surface area contributed by atoms with E-state index in [9.17, 15) is 4.79 Å². The lowest BCUT2D eigenvalue weighted by atomic mass is 10.0. The second-order valence-electron chi connectivity index (χ2n) is 4.93. The monoisotopic (exact) mass is 312 g/mol. The second-order valence-corrected chi connectivity index (χ2v) is 6.07. The number of hydrogen-bond acceptors (Lipinski definition) is 6. The van der Waals surface area contributed by atoms with E-state index in [-0.39, 0.29) is 5.25 Å². The molecule has 0 aliphatic heterocycles. The summed E-state index contributed by atoms with van der Waals surface area (Å²) in [5.41, 5.74) is 0. The minimum absolute atomic E-state index is 0.154. The van der Waals surface area contributed by atoms with Gasteiger partial charge in [0, 0.05) is 0 Å². The van der Waals surface area contributed by atoms with E-state index in [0.717, 1.165) is 19.1 Å². The van der Waals surface area contributed by atoms with Gasteiger partial charge in [-0.05, 0) is 12.3 Å². The first kappa shape index (κ1) is 17.8. The number of rotatable bonds is 10. The van der Waals surface area contributed by atoms with Crippen LogP contribution in [0.25, 0.3) is 0 Å². The Balaban J connectivity index is 2.73. The van der Waals surface area contributed by atoms with Crippen LogP contribution in [0.3, 0.4) is 0 Å². The second kappa shape index (κ2) is 9.60. The molecular weight excluding hydrogens is 288 g/mol. The minimum atomic E-state index is -0.154. The van der Waals surface area contributed by atoms with Crippen molar-refractivity contribution in [2.75, 3.05) is 14.2 Å². The van der Waals surface area contributed by atoms with Crippen molar-refractivity contribution in [1.29, 1.82) is 0 Å². The van der Waals surface area contributed by atoms with Gasteiger partial charge in [0.15, 0.2) is 5.16 Å². The molecule has 1 aromatic heterocycles. The molecule has 5 nitrogen and oxygen atoms in total. The molecule has 1 heterocycles. The summed E-state index contributed by atoms with van der Waals surface area (Å²) in [6.07, 6.45) is 5.54. The zero-order valence-electron chi connectivity index (χ0n) is 13.2. The number of carbonyl (C=O) groups excluding carboxylic acids is 1. The van der Waals surface area contributed by atoms with Crippen molar-refractivity contribution in [2.45, 2.75) is 49.9 Å². The maximum absolute atomic E-state index is 11.4. The molecule has 0 aliphatic carbocycles. The number of unbranched alkanes of at least 4 members (excludes halogenated alkanes) is 2. The van der Waals surface area contributed by atoms with Gasteiger partial charge in [-0.2, -0.15) is 9.97 Å². The molecule has 0 spiro atoms. The van der Waals surface area contributed by atoms with Crippen LogP contribution in [0.4, 0.5) is 0 Å². The van der Waals surface area contributed by atoms with E-state index in [2.05, 4.69) is 23.8 Å². The van der Waals surface area contributed by atoms with E-state index in [1.54, 1.807) is 20.3 Å². The van der Waals surface area contributed by atoms with Gasteiger partial charge in [0.2, 0.25) is 11.8 Å². The standard InChI is InChI=1S/C15H24N2O3S/c1-5-6-7-8-11(2)12(10-18)21-15-16-13(19-3)9-14(17-15)20-4/h9-12H,5-8H2,1-4H3. The molecule has 0 saturated heterocycles. The summed E-state index contributed by atoms with van der Waals surface area (Å²) in [5.74, 6) is 1.17. The number of carbonyl (C=O) groups is 1. The highest BCUT2D eigenvalue weighted by Crippen LogP contribution is 2.29. The summed E-state index contributed by atoms with van der Waals surface area (Å²) in [6.45, 7) is 4.27. The Morgan fingerprint density at radius 1 is 1.24 bits per heavy atom. The van der Waals surface area contributed by atoms with Crippen molar-refractivity contribution in [1.82, 2.24) is 9.97 Å². The average Bonchev–Trinajstić information content (AvgIpc) is 2.52. The molecule has 0 radical (unpaired) electrons. The summed E-state index contributed by atoms with van der Waals surface area (Å²) in [4.78, 5) is 19.9. The number of nitrogens with zero attached hydrogens (tertiary/aromatic N) is 2. The first-order valence-corrected chi connectivity index (χ1v) is 8.11. The number of aldehydes is 1. The van der Waals surface area contributed by atoms with Gasteiger partial charge < -0.3 is 14.3 Å². The summed E-state index contributed by atoms with van der Waals surface area (Å²) in [6, 6.07) is 1.62. The number of thioether (sulfide) groups is 1. The topological polar surface area (TPSA) is 61.3 Å². The fourth-order valence-corrected chi connectivity index (χ4v) is 2.88. The zero-order chi connectivity index (χ0) is 15.7. The Hall–Kier alpha value is -1.30. The average molecular weight is 312 g/mol. The van der Waals surface area contributed by atoms with Crippen molar-refractivity contribution in [2.24, 2.45) is 5.92 Å². The van der Waals surface area contributed by atoms with Crippen LogP contribution in [0.15, 0.2) is 11.2 Å². The largest absolute Gasteiger partial charge is 0.481 e. The van der Waals surface area contributed by atoms with Crippen LogP contribution in [0.2, 0.25) is 0 Å². The molecule has 0 fully saturated rings. The minimum Gasteiger partial charge on any atom is -0.481 e. The van der Waals surface area contributed by atoms with Gasteiger partial charge in [0.1, 0.15) is 6.29 Å². The highest BCUT2D eigenvalue weighted by atomic mass is 32.2. The van der Waals surface area contributed by atoms with E-state index in [0.29, 0.717) is 22.8 Å². The van der Waals surface area contributed by atoms with E-state index in [1.165, 1.54) is 24.6 Å². The Morgan fingerprint density at radius 3 is 2.33 bits per heavy atom. The van der Waals surface area contributed by atoms with Crippen LogP contribution in [0.1, 0.15) is 39.5 Å². The molecule has 118 valence electrons. The van der Waals surface area contributed by atoms with Gasteiger partial charge in [-0.3, -0.25) is 0 Å². The van der Waals surface area contributed by atoms with Crippen molar-refractivity contribution < 1.29 is 14.3 Å². The molecule has 2 atom stereocenters. The van der Waals surface area contributed by atoms with Crippen molar-refractivity contribution in [3.8, 4) is 11.8 Å². The fourth-order valence-electron chi connectivity index (χ4n) is 1.93. The van der Waals surface area contributed by atoms with Crippen molar-refractivity contribution in [3.05, 3.63) is 6.07 Å². The molecule has 0 bridgehead atoms. The first-order valence-electron chi connectivity index (χ1n) is 7.23. The van der Waals surface area contributed by atoms with Crippen LogP contribution < -0.4 is 9.47 Å². The first-order chi connectivity index (χ1) is 10.1. The molecule has 0 aliphatic rings. The molecule has 0 N–H and O–H groups in total. The third-order valence-electron chi connectivity index (χ3n) is 3.28. The number of ether oxygens (including phenoxy) is 2. The predicted molar refractivity (Wildman–Crippen MR) is 84.2 cm³/mol. The maximum atomic E-state index is 11.4. The van der Waals surface area contributed by atoms with Crippen LogP contribution >= 0.6 is 11.8 Å². The van der Waals surface area contributed by atoms with E-state index in [4.69, 9.17) is 9.47 Å². The van der Waals surface area contributed by atoms with Gasteiger partial charge in [-0.15, -0.1) is 0 Å². The summed E-state index contributed by atoms with van der Waals surface area (Å²) >= 11 is 1.36. The van der Waals surface area contributed by atoms with Gasteiger partial charge in [-0.25, -0.2) is 0 Å². The van der Waals surface area contributed by atoms with E-state index >= 15 is 0 Å². The van der Waals surface area contributed by atoms with Crippen LogP contribution in [0.5, 0.6) is 11.8 Å². The van der Waals surface area contributed by atoms with Crippen LogP contribution in [-0.4, -0.2) is 35.7 Å². The molecule has 2 unspecified atom stereocenters. The number of hydrogen-bond donors (Lipinski definition) is 0. The van der Waals surface area contributed by atoms with Gasteiger partial charge in [0.05, 0.1) is 25.5 Å². The van der Waals surface area contributed by atoms with E-state index < -0.39 is 0 Å². The number of aromatic nitrogens is 2. The summed E-state index contributed by atoms with van der Waals surface area (Å²) in [7, 11) is 3.08. The molecule has 0 aromatic carbocycles. The molecule has 21 heavy (non-hydrogen) atoms. The SMILES string of the molecule is CCCCCC(C)C(C=O)Sc1nc(OC)cc(OC)n1. The number of methoxy groups -OCH3 is 2. The van der Waals surface area contributed by atoms with Crippen molar-refractivity contribution in [3.63, 3.8) is 0 Å². The maximum Gasteiger partial charge on any atom is 0.220 e. The molecule has 1 rings (SSSR count). The molecule has 1 aromatic rings. The highest BCUT2D eigenvalue weighted by Gasteiger charge is 2.20. The van der Waals surface area contributed by atoms with Gasteiger partial charge >= 0.3 is 0 Å². The molecule has 0 amide bonds. The van der Waals surface area contributed by atoms with Gasteiger partial charge in [-0.1, -0.05) is 44.9 Å². The molecular formula is C15H24N2O3S. The van der Waals surface area contributed by atoms with Crippen molar-refractivity contribution >= 4 is 18.0 Å². The molecule has 0 saturated carbocycles. The molecule has 6 heteroatoms. The fraction of sp³-hybridized carbons (Fsp3) is 0.667. The normalized spacial score (nSPS) is 13.5. The van der Waals surface area contributed by atoms with Crippen LogP contribution in [0, 0.1) is 5.92 Å². The third-order valence-corrected chi connectivity index (χ3v) is 4.52. The third kappa shape index (κ3) is 5.91. The summed E-state index contributed by atoms with van der Waals surface area (Å²) in [5, 5.41) is 0.351.